The lowest BCUT2D eigenvalue weighted by Gasteiger charge is -2.19. The van der Waals surface area contributed by atoms with Gasteiger partial charge < -0.3 is 9.64 Å². The van der Waals surface area contributed by atoms with Crippen LogP contribution in [0.3, 0.4) is 0 Å². The summed E-state index contributed by atoms with van der Waals surface area (Å²) in [6.45, 7) is 2.56. The van der Waals surface area contributed by atoms with Crippen molar-refractivity contribution in [3.05, 3.63) is 28.3 Å². The Balaban J connectivity index is 3.13. The fourth-order valence-corrected chi connectivity index (χ4v) is 3.04. The average molecular weight is 335 g/mol. The highest BCUT2D eigenvalue weighted by molar-refractivity contribution is 7.89. The molecule has 0 saturated heterocycles. The molecule has 0 radical (unpaired) electrons. The molecular formula is C13H19ClN2O4S. The number of hydrogen-bond donors (Lipinski definition) is 1. The molecule has 0 spiro atoms. The Morgan fingerprint density at radius 3 is 2.57 bits per heavy atom. The summed E-state index contributed by atoms with van der Waals surface area (Å²) < 4.78 is 28.0. The minimum atomic E-state index is -3.93. The third-order valence-corrected chi connectivity index (χ3v) is 4.31. The predicted molar refractivity (Wildman–Crippen MR) is 81.0 cm³/mol. The number of rotatable bonds is 6. The van der Waals surface area contributed by atoms with Crippen LogP contribution in [0.15, 0.2) is 17.0 Å². The summed E-state index contributed by atoms with van der Waals surface area (Å²) in [6, 6.07) is 2.69. The number of primary sulfonamides is 1. The summed E-state index contributed by atoms with van der Waals surface area (Å²) in [5, 5.41) is 5.29. The predicted octanol–water partition coefficient (Wildman–Crippen LogP) is 1.40. The number of hydrogen-bond acceptors (Lipinski definition) is 4. The topological polar surface area (TPSA) is 89.7 Å². The van der Waals surface area contributed by atoms with Crippen molar-refractivity contribution in [1.29, 1.82) is 0 Å². The van der Waals surface area contributed by atoms with Gasteiger partial charge in [-0.3, -0.25) is 4.79 Å². The largest absolute Gasteiger partial charge is 0.385 e. The summed E-state index contributed by atoms with van der Waals surface area (Å²) >= 11 is 5.89. The van der Waals surface area contributed by atoms with Gasteiger partial charge in [-0.05, 0) is 31.0 Å². The fourth-order valence-electron chi connectivity index (χ4n) is 1.92. The molecule has 6 nitrogen and oxygen atoms in total. The highest BCUT2D eigenvalue weighted by atomic mass is 35.5. The number of amides is 1. The molecule has 2 N–H and O–H groups in total. The maximum atomic E-state index is 12.4. The molecular weight excluding hydrogens is 316 g/mol. The van der Waals surface area contributed by atoms with Crippen LogP contribution in [0, 0.1) is 6.92 Å². The maximum Gasteiger partial charge on any atom is 0.253 e. The van der Waals surface area contributed by atoms with E-state index in [9.17, 15) is 13.2 Å². The van der Waals surface area contributed by atoms with E-state index in [1.54, 1.807) is 14.2 Å². The quantitative estimate of drug-likeness (QED) is 0.796. The molecule has 1 amide bonds. The van der Waals surface area contributed by atoms with Crippen LogP contribution in [0.2, 0.25) is 5.02 Å². The first-order chi connectivity index (χ1) is 9.68. The lowest BCUT2D eigenvalue weighted by atomic mass is 10.1. The van der Waals surface area contributed by atoms with Crippen molar-refractivity contribution in [2.24, 2.45) is 5.14 Å². The van der Waals surface area contributed by atoms with E-state index in [1.165, 1.54) is 24.0 Å². The van der Waals surface area contributed by atoms with E-state index in [4.69, 9.17) is 21.5 Å². The third-order valence-electron chi connectivity index (χ3n) is 3.05. The summed E-state index contributed by atoms with van der Waals surface area (Å²) in [4.78, 5) is 13.7. The number of carbonyl (C=O) groups excluding carboxylic acids is 1. The molecule has 8 heteroatoms. The minimum absolute atomic E-state index is 0.136. The highest BCUT2D eigenvalue weighted by Gasteiger charge is 2.21. The summed E-state index contributed by atoms with van der Waals surface area (Å²) in [6.07, 6.45) is 0.681. The third kappa shape index (κ3) is 4.67. The van der Waals surface area contributed by atoms with Gasteiger partial charge in [0.1, 0.15) is 0 Å². The standard InChI is InChI=1S/C13H19ClN2O4S/c1-9-11(13(17)16(2)5-4-6-20-3)7-10(14)8-12(9)21(15,18)19/h7-8H,4-6H2,1-3H3,(H2,15,18,19). The molecule has 0 aliphatic carbocycles. The van der Waals surface area contributed by atoms with E-state index in [0.29, 0.717) is 25.1 Å². The Labute approximate surface area is 129 Å². The Bertz CT molecular complexity index is 631. The van der Waals surface area contributed by atoms with Crippen LogP contribution >= 0.6 is 11.6 Å². The first-order valence-corrected chi connectivity index (χ1v) is 8.18. The van der Waals surface area contributed by atoms with Crippen molar-refractivity contribution in [2.75, 3.05) is 27.3 Å². The van der Waals surface area contributed by atoms with Crippen molar-refractivity contribution in [2.45, 2.75) is 18.2 Å². The number of nitrogens with two attached hydrogens (primary N) is 1. The molecule has 0 atom stereocenters. The zero-order valence-electron chi connectivity index (χ0n) is 12.2. The van der Waals surface area contributed by atoms with Gasteiger partial charge in [0, 0.05) is 37.9 Å². The van der Waals surface area contributed by atoms with E-state index >= 15 is 0 Å². The van der Waals surface area contributed by atoms with Gasteiger partial charge in [-0.25, -0.2) is 13.6 Å². The van der Waals surface area contributed by atoms with Crippen LogP contribution in [0.4, 0.5) is 0 Å². The van der Waals surface area contributed by atoms with E-state index in [1.807, 2.05) is 0 Å². The first kappa shape index (κ1) is 17.9. The minimum Gasteiger partial charge on any atom is -0.385 e. The van der Waals surface area contributed by atoms with Gasteiger partial charge in [-0.15, -0.1) is 0 Å². The highest BCUT2D eigenvalue weighted by Crippen LogP contribution is 2.24. The van der Waals surface area contributed by atoms with E-state index < -0.39 is 10.0 Å². The van der Waals surface area contributed by atoms with Crippen LogP contribution in [0.25, 0.3) is 0 Å². The van der Waals surface area contributed by atoms with Crippen LogP contribution in [0.1, 0.15) is 22.3 Å². The molecule has 0 aliphatic rings. The molecule has 0 bridgehead atoms. The van der Waals surface area contributed by atoms with Crippen molar-refractivity contribution in [1.82, 2.24) is 4.90 Å². The van der Waals surface area contributed by atoms with E-state index in [-0.39, 0.29) is 21.4 Å². The van der Waals surface area contributed by atoms with Gasteiger partial charge in [-0.2, -0.15) is 0 Å². The summed E-state index contributed by atoms with van der Waals surface area (Å²) in [7, 11) is -0.715. The van der Waals surface area contributed by atoms with Gasteiger partial charge in [-0.1, -0.05) is 11.6 Å². The number of methoxy groups -OCH3 is 1. The van der Waals surface area contributed by atoms with Gasteiger partial charge >= 0.3 is 0 Å². The van der Waals surface area contributed by atoms with Gasteiger partial charge in [0.25, 0.3) is 5.91 Å². The second-order valence-corrected chi connectivity index (χ2v) is 6.66. The molecule has 21 heavy (non-hydrogen) atoms. The molecule has 0 saturated carbocycles. The number of sulfonamides is 1. The van der Waals surface area contributed by atoms with Crippen LogP contribution in [-0.2, 0) is 14.8 Å². The van der Waals surface area contributed by atoms with Crippen molar-refractivity contribution >= 4 is 27.5 Å². The van der Waals surface area contributed by atoms with Crippen molar-refractivity contribution in [3.8, 4) is 0 Å². The van der Waals surface area contributed by atoms with Crippen LogP contribution in [-0.4, -0.2) is 46.5 Å². The van der Waals surface area contributed by atoms with Crippen LogP contribution in [0.5, 0.6) is 0 Å². The Hall–Kier alpha value is -1.15. The lowest BCUT2D eigenvalue weighted by Crippen LogP contribution is -2.29. The SMILES string of the molecule is COCCCN(C)C(=O)c1cc(Cl)cc(S(N)(=O)=O)c1C. The molecule has 0 aliphatic heterocycles. The average Bonchev–Trinajstić information content (AvgIpc) is 2.39. The fraction of sp³-hybridized carbons (Fsp3) is 0.462. The molecule has 1 aromatic rings. The second-order valence-electron chi connectivity index (χ2n) is 4.69. The van der Waals surface area contributed by atoms with Crippen molar-refractivity contribution < 1.29 is 17.9 Å². The number of halogens is 1. The van der Waals surface area contributed by atoms with Crippen molar-refractivity contribution in [3.63, 3.8) is 0 Å². The lowest BCUT2D eigenvalue weighted by molar-refractivity contribution is 0.0778. The van der Waals surface area contributed by atoms with Gasteiger partial charge in [0.2, 0.25) is 10.0 Å². The normalized spacial score (nSPS) is 11.5. The van der Waals surface area contributed by atoms with Crippen LogP contribution < -0.4 is 5.14 Å². The number of ether oxygens (including phenoxy) is 1. The monoisotopic (exact) mass is 334 g/mol. The summed E-state index contributed by atoms with van der Waals surface area (Å²) in [5.41, 5.74) is 0.525. The molecule has 118 valence electrons. The zero-order valence-corrected chi connectivity index (χ0v) is 13.8. The second kappa shape index (κ2) is 7.22. The molecule has 0 unspecified atom stereocenters. The van der Waals surface area contributed by atoms with Gasteiger partial charge in [0.05, 0.1) is 4.90 Å². The van der Waals surface area contributed by atoms with E-state index in [2.05, 4.69) is 0 Å². The molecule has 1 aromatic carbocycles. The summed E-state index contributed by atoms with van der Waals surface area (Å²) in [5.74, 6) is -0.309. The number of carbonyl (C=O) groups is 1. The maximum absolute atomic E-state index is 12.4. The molecule has 0 heterocycles. The smallest absolute Gasteiger partial charge is 0.253 e. The molecule has 0 fully saturated rings. The Morgan fingerprint density at radius 2 is 2.05 bits per heavy atom. The first-order valence-electron chi connectivity index (χ1n) is 6.25. The zero-order chi connectivity index (χ0) is 16.2. The Kier molecular flexibility index (Phi) is 6.15. The number of benzene rings is 1. The molecule has 0 aromatic heterocycles. The van der Waals surface area contributed by atoms with E-state index in [0.717, 1.165) is 0 Å². The molecule has 1 rings (SSSR count). The van der Waals surface area contributed by atoms with Gasteiger partial charge in [0.15, 0.2) is 0 Å². The number of nitrogens with zero attached hydrogens (tertiary/aromatic N) is 1. The Morgan fingerprint density at radius 1 is 1.43 bits per heavy atom.